The molecule has 0 unspecified atom stereocenters. The van der Waals surface area contributed by atoms with Crippen molar-refractivity contribution in [3.63, 3.8) is 0 Å². The molecule has 31 heavy (non-hydrogen) atoms. The molecule has 1 N–H and O–H groups in total. The molecule has 0 amide bonds. The summed E-state index contributed by atoms with van der Waals surface area (Å²) in [6.07, 6.45) is 2.45. The number of dihydropyridines is 1. The first kappa shape index (κ1) is 20.6. The van der Waals surface area contributed by atoms with E-state index >= 15 is 0 Å². The van der Waals surface area contributed by atoms with Gasteiger partial charge in [-0.25, -0.2) is 8.42 Å². The Labute approximate surface area is 183 Å². The van der Waals surface area contributed by atoms with Crippen molar-refractivity contribution in [2.75, 3.05) is 19.6 Å². The Balaban J connectivity index is 1.50. The van der Waals surface area contributed by atoms with Crippen molar-refractivity contribution in [1.82, 2.24) is 9.62 Å². The minimum atomic E-state index is -3.57. The lowest BCUT2D eigenvalue weighted by molar-refractivity contribution is -0.119. The third-order valence-electron chi connectivity index (χ3n) is 7.09. The minimum absolute atomic E-state index is 0.104. The van der Waals surface area contributed by atoms with E-state index in [9.17, 15) is 13.2 Å². The van der Waals surface area contributed by atoms with Gasteiger partial charge in [0.25, 0.3) is 0 Å². The van der Waals surface area contributed by atoms with Gasteiger partial charge < -0.3 is 5.32 Å². The van der Waals surface area contributed by atoms with Crippen LogP contribution >= 0.6 is 0 Å². The molecule has 0 radical (unpaired) electrons. The zero-order chi connectivity index (χ0) is 22.0. The van der Waals surface area contributed by atoms with Gasteiger partial charge in [0.1, 0.15) is 0 Å². The number of azo groups is 1. The average Bonchev–Trinajstić information content (AvgIpc) is 3.16. The van der Waals surface area contributed by atoms with Crippen molar-refractivity contribution in [2.24, 2.45) is 21.1 Å². The molecule has 7 nitrogen and oxygen atoms in total. The van der Waals surface area contributed by atoms with Crippen molar-refractivity contribution >= 4 is 15.8 Å². The summed E-state index contributed by atoms with van der Waals surface area (Å²) in [6.45, 7) is 7.34. The number of Topliss-reactive ketones (excluding diaryl/α,β-unsaturated/α-hetero) is 1. The molecule has 0 bridgehead atoms. The Hall–Kier alpha value is -2.32. The van der Waals surface area contributed by atoms with Crippen LogP contribution in [-0.2, 0) is 14.8 Å². The highest BCUT2D eigenvalue weighted by atomic mass is 32.2. The molecule has 5 rings (SSSR count). The van der Waals surface area contributed by atoms with Crippen LogP contribution in [0.5, 0.6) is 0 Å². The number of benzene rings is 1. The SMILES string of the molecule is Cc1cccc(S(=O)(=O)N2CCC3(CC2)C2=C(N=NC2)NC2=C3C(=O)CC(C)(C)C2)c1. The maximum absolute atomic E-state index is 13.3. The Bertz CT molecular complexity index is 1170. The number of piperidine rings is 1. The second-order valence-electron chi connectivity index (χ2n) is 9.95. The molecule has 164 valence electrons. The summed E-state index contributed by atoms with van der Waals surface area (Å²) in [6, 6.07) is 7.04. The summed E-state index contributed by atoms with van der Waals surface area (Å²) >= 11 is 0. The largest absolute Gasteiger partial charge is 0.342 e. The number of aryl methyl sites for hydroxylation is 1. The molecular weight excluding hydrogens is 412 g/mol. The van der Waals surface area contributed by atoms with Crippen molar-refractivity contribution in [2.45, 2.75) is 51.3 Å². The molecule has 1 aromatic rings. The Morgan fingerprint density at radius 2 is 1.87 bits per heavy atom. The molecule has 1 aromatic carbocycles. The highest BCUT2D eigenvalue weighted by Gasteiger charge is 2.53. The van der Waals surface area contributed by atoms with Gasteiger partial charge >= 0.3 is 0 Å². The number of hydrogen-bond donors (Lipinski definition) is 1. The van der Waals surface area contributed by atoms with Gasteiger partial charge in [0, 0.05) is 41.8 Å². The van der Waals surface area contributed by atoms with E-state index in [0.717, 1.165) is 34.6 Å². The molecular formula is C23H28N4O3S. The first-order valence-electron chi connectivity index (χ1n) is 10.8. The fourth-order valence-electron chi connectivity index (χ4n) is 5.65. The fourth-order valence-corrected chi connectivity index (χ4v) is 7.20. The van der Waals surface area contributed by atoms with Gasteiger partial charge in [-0.05, 0) is 49.3 Å². The summed E-state index contributed by atoms with van der Waals surface area (Å²) in [5.41, 5.74) is 3.20. The fraction of sp³-hybridized carbons (Fsp3) is 0.522. The molecule has 1 spiro atoms. The van der Waals surface area contributed by atoms with Crippen LogP contribution in [0.1, 0.15) is 45.1 Å². The van der Waals surface area contributed by atoms with E-state index in [1.165, 1.54) is 0 Å². The van der Waals surface area contributed by atoms with Gasteiger partial charge in [0.15, 0.2) is 11.6 Å². The van der Waals surface area contributed by atoms with Crippen molar-refractivity contribution in [3.05, 3.63) is 52.5 Å². The molecule has 0 atom stereocenters. The summed E-state index contributed by atoms with van der Waals surface area (Å²) in [5, 5.41) is 11.9. The third kappa shape index (κ3) is 3.19. The number of nitrogens with one attached hydrogen (secondary N) is 1. The van der Waals surface area contributed by atoms with Gasteiger partial charge in [-0.15, -0.1) is 5.11 Å². The molecule has 1 saturated heterocycles. The zero-order valence-corrected chi connectivity index (χ0v) is 19.1. The van der Waals surface area contributed by atoms with Crippen LogP contribution in [0.4, 0.5) is 0 Å². The maximum Gasteiger partial charge on any atom is 0.243 e. The number of carbonyl (C=O) groups is 1. The molecule has 4 aliphatic rings. The molecule has 0 saturated carbocycles. The number of fused-ring (bicyclic) bond motifs is 2. The van der Waals surface area contributed by atoms with Crippen molar-refractivity contribution < 1.29 is 13.2 Å². The standard InChI is InChI=1S/C23H28N4O3S/c1-15-5-4-6-16(11-15)31(29,30)27-9-7-23(8-10-27)17-14-24-26-21(17)25-18-12-22(2,3)13-19(28)20(18)23/h4-6,11,25H,7-10,12-14H2,1-3H3. The second-order valence-corrected chi connectivity index (χ2v) is 11.9. The number of hydrogen-bond acceptors (Lipinski definition) is 6. The normalized spacial score (nSPS) is 24.9. The van der Waals surface area contributed by atoms with E-state index in [2.05, 4.69) is 29.4 Å². The van der Waals surface area contributed by atoms with E-state index in [4.69, 9.17) is 0 Å². The van der Waals surface area contributed by atoms with Crippen LogP contribution in [0.2, 0.25) is 0 Å². The van der Waals surface area contributed by atoms with Crippen LogP contribution in [0.15, 0.2) is 62.1 Å². The van der Waals surface area contributed by atoms with E-state index in [1.807, 2.05) is 13.0 Å². The van der Waals surface area contributed by atoms with Crippen LogP contribution in [0.3, 0.4) is 0 Å². The predicted molar refractivity (Wildman–Crippen MR) is 117 cm³/mol. The van der Waals surface area contributed by atoms with Crippen LogP contribution in [0.25, 0.3) is 0 Å². The van der Waals surface area contributed by atoms with Gasteiger partial charge in [-0.1, -0.05) is 26.0 Å². The van der Waals surface area contributed by atoms with Gasteiger partial charge in [0.05, 0.1) is 11.4 Å². The Morgan fingerprint density at radius 3 is 2.58 bits per heavy atom. The van der Waals surface area contributed by atoms with Gasteiger partial charge in [-0.2, -0.15) is 9.42 Å². The molecule has 1 fully saturated rings. The predicted octanol–water partition coefficient (Wildman–Crippen LogP) is 3.69. The van der Waals surface area contributed by atoms with Crippen molar-refractivity contribution in [1.29, 1.82) is 0 Å². The topological polar surface area (TPSA) is 91.2 Å². The lowest BCUT2D eigenvalue weighted by atomic mass is 9.60. The number of ketones is 1. The highest BCUT2D eigenvalue weighted by Crippen LogP contribution is 2.55. The quantitative estimate of drug-likeness (QED) is 0.759. The number of sulfonamides is 1. The van der Waals surface area contributed by atoms with Crippen molar-refractivity contribution in [3.8, 4) is 0 Å². The lowest BCUT2D eigenvalue weighted by Gasteiger charge is -2.48. The average molecular weight is 441 g/mol. The number of rotatable bonds is 2. The summed E-state index contributed by atoms with van der Waals surface area (Å²) in [5.74, 6) is 0.937. The summed E-state index contributed by atoms with van der Waals surface area (Å²) in [4.78, 5) is 13.7. The lowest BCUT2D eigenvalue weighted by Crippen LogP contribution is -2.50. The molecule has 0 aromatic heterocycles. The molecule has 3 heterocycles. The summed E-state index contributed by atoms with van der Waals surface area (Å²) in [7, 11) is -3.57. The molecule has 1 aliphatic carbocycles. The third-order valence-corrected chi connectivity index (χ3v) is 8.98. The molecule has 3 aliphatic heterocycles. The van der Waals surface area contributed by atoms with Gasteiger partial charge in [0.2, 0.25) is 10.0 Å². The number of nitrogens with zero attached hydrogens (tertiary/aromatic N) is 3. The second kappa shape index (κ2) is 6.84. The van der Waals surface area contributed by atoms with Crippen LogP contribution in [-0.4, -0.2) is 38.1 Å². The number of carbonyl (C=O) groups excluding carboxylic acids is 1. The van der Waals surface area contributed by atoms with E-state index in [0.29, 0.717) is 43.8 Å². The van der Waals surface area contributed by atoms with E-state index < -0.39 is 15.4 Å². The zero-order valence-electron chi connectivity index (χ0n) is 18.2. The highest BCUT2D eigenvalue weighted by molar-refractivity contribution is 7.89. The monoisotopic (exact) mass is 440 g/mol. The minimum Gasteiger partial charge on any atom is -0.342 e. The smallest absolute Gasteiger partial charge is 0.243 e. The Kier molecular flexibility index (Phi) is 4.54. The Morgan fingerprint density at radius 1 is 1.13 bits per heavy atom. The van der Waals surface area contributed by atoms with E-state index in [1.54, 1.807) is 22.5 Å². The first-order chi connectivity index (χ1) is 14.6. The molecule has 8 heteroatoms. The van der Waals surface area contributed by atoms with Gasteiger partial charge in [-0.3, -0.25) is 4.79 Å². The number of allylic oxidation sites excluding steroid dienone is 2. The first-order valence-corrected chi connectivity index (χ1v) is 12.3. The van der Waals surface area contributed by atoms with Crippen LogP contribution in [0, 0.1) is 17.8 Å². The van der Waals surface area contributed by atoms with Crippen LogP contribution < -0.4 is 5.32 Å². The maximum atomic E-state index is 13.3. The van der Waals surface area contributed by atoms with E-state index in [-0.39, 0.29) is 11.2 Å². The summed E-state index contributed by atoms with van der Waals surface area (Å²) < 4.78 is 28.1.